The molecule has 0 spiro atoms. The van der Waals surface area contributed by atoms with E-state index < -0.39 is 0 Å². The Morgan fingerprint density at radius 3 is 2.24 bits per heavy atom. The minimum absolute atomic E-state index is 0.110. The average Bonchev–Trinajstić information content (AvgIpc) is 2.63. The molecule has 4 heteroatoms. The fourth-order valence-corrected chi connectivity index (χ4v) is 3.27. The summed E-state index contributed by atoms with van der Waals surface area (Å²) in [6, 6.07) is 22.8. The molecule has 3 aromatic rings. The zero-order valence-electron chi connectivity index (χ0n) is 13.5. The van der Waals surface area contributed by atoms with Crippen LogP contribution in [0.25, 0.3) is 11.1 Å². The first kappa shape index (κ1) is 17.5. The van der Waals surface area contributed by atoms with Gasteiger partial charge in [-0.05, 0) is 41.8 Å². The third kappa shape index (κ3) is 4.41. The van der Waals surface area contributed by atoms with Gasteiger partial charge in [0.15, 0.2) is 0 Å². The van der Waals surface area contributed by atoms with E-state index in [9.17, 15) is 4.79 Å². The van der Waals surface area contributed by atoms with Crippen molar-refractivity contribution in [1.29, 1.82) is 0 Å². The van der Waals surface area contributed by atoms with Crippen molar-refractivity contribution in [3.05, 3.63) is 94.0 Å². The van der Waals surface area contributed by atoms with Crippen molar-refractivity contribution in [3.8, 4) is 11.1 Å². The molecule has 0 atom stereocenters. The second kappa shape index (κ2) is 8.19. The van der Waals surface area contributed by atoms with Crippen LogP contribution in [0.1, 0.15) is 15.9 Å². The summed E-state index contributed by atoms with van der Waals surface area (Å²) in [6.45, 7) is 0.583. The van der Waals surface area contributed by atoms with Crippen molar-refractivity contribution in [2.24, 2.45) is 0 Å². The Morgan fingerprint density at radius 2 is 1.52 bits per heavy atom. The van der Waals surface area contributed by atoms with Gasteiger partial charge in [0.1, 0.15) is 0 Å². The summed E-state index contributed by atoms with van der Waals surface area (Å²) in [7, 11) is 0. The van der Waals surface area contributed by atoms with E-state index in [1.54, 1.807) is 24.3 Å². The molecule has 0 heterocycles. The van der Waals surface area contributed by atoms with Gasteiger partial charge in [-0.3, -0.25) is 4.79 Å². The highest BCUT2D eigenvalue weighted by molar-refractivity contribution is 6.39. The SMILES string of the molecule is O=C(NCCc1ccccc1)c1cccc(-c2c(Cl)cccc2Cl)c1. The maximum Gasteiger partial charge on any atom is 0.251 e. The average molecular weight is 370 g/mol. The lowest BCUT2D eigenvalue weighted by Crippen LogP contribution is -2.25. The number of rotatable bonds is 5. The van der Waals surface area contributed by atoms with Crippen LogP contribution in [-0.2, 0) is 6.42 Å². The van der Waals surface area contributed by atoms with Gasteiger partial charge in [-0.1, -0.05) is 71.7 Å². The first-order valence-electron chi connectivity index (χ1n) is 8.02. The van der Waals surface area contributed by atoms with Crippen molar-refractivity contribution < 1.29 is 4.79 Å². The van der Waals surface area contributed by atoms with E-state index in [1.165, 1.54) is 5.56 Å². The zero-order chi connectivity index (χ0) is 17.6. The summed E-state index contributed by atoms with van der Waals surface area (Å²) in [5.74, 6) is -0.110. The molecular weight excluding hydrogens is 353 g/mol. The molecule has 0 aromatic heterocycles. The fourth-order valence-electron chi connectivity index (χ4n) is 2.66. The molecule has 0 saturated carbocycles. The monoisotopic (exact) mass is 369 g/mol. The van der Waals surface area contributed by atoms with Gasteiger partial charge in [0.2, 0.25) is 0 Å². The Kier molecular flexibility index (Phi) is 5.75. The molecule has 0 unspecified atom stereocenters. The normalized spacial score (nSPS) is 10.5. The molecule has 0 fully saturated rings. The lowest BCUT2D eigenvalue weighted by molar-refractivity contribution is 0.0954. The van der Waals surface area contributed by atoms with Crippen LogP contribution in [0, 0.1) is 0 Å². The molecule has 3 rings (SSSR count). The number of carbonyl (C=O) groups is 1. The van der Waals surface area contributed by atoms with Crippen molar-refractivity contribution in [1.82, 2.24) is 5.32 Å². The van der Waals surface area contributed by atoms with Crippen molar-refractivity contribution in [2.45, 2.75) is 6.42 Å². The number of hydrogen-bond acceptors (Lipinski definition) is 1. The van der Waals surface area contributed by atoms with Gasteiger partial charge in [0.05, 0.1) is 0 Å². The number of amides is 1. The van der Waals surface area contributed by atoms with Gasteiger partial charge in [0.25, 0.3) is 5.91 Å². The van der Waals surface area contributed by atoms with Crippen molar-refractivity contribution in [2.75, 3.05) is 6.54 Å². The minimum Gasteiger partial charge on any atom is -0.352 e. The molecular formula is C21H17Cl2NO. The minimum atomic E-state index is -0.110. The summed E-state index contributed by atoms with van der Waals surface area (Å²) >= 11 is 12.5. The highest BCUT2D eigenvalue weighted by Crippen LogP contribution is 2.34. The Morgan fingerprint density at radius 1 is 0.840 bits per heavy atom. The van der Waals surface area contributed by atoms with Crippen molar-refractivity contribution in [3.63, 3.8) is 0 Å². The van der Waals surface area contributed by atoms with Crippen LogP contribution >= 0.6 is 23.2 Å². The number of benzene rings is 3. The lowest BCUT2D eigenvalue weighted by atomic mass is 10.0. The molecule has 1 amide bonds. The Balaban J connectivity index is 1.72. The summed E-state index contributed by atoms with van der Waals surface area (Å²) < 4.78 is 0. The number of carbonyl (C=O) groups excluding carboxylic acids is 1. The zero-order valence-corrected chi connectivity index (χ0v) is 15.0. The number of hydrogen-bond donors (Lipinski definition) is 1. The standard InChI is InChI=1S/C21H17Cl2NO/c22-18-10-5-11-19(23)20(18)16-8-4-9-17(14-16)21(25)24-13-12-15-6-2-1-3-7-15/h1-11,14H,12-13H2,(H,24,25). The van der Waals surface area contributed by atoms with Gasteiger partial charge >= 0.3 is 0 Å². The molecule has 0 bridgehead atoms. The number of nitrogens with one attached hydrogen (secondary N) is 1. The van der Waals surface area contributed by atoms with Gasteiger partial charge < -0.3 is 5.32 Å². The largest absolute Gasteiger partial charge is 0.352 e. The van der Waals surface area contributed by atoms with Gasteiger partial charge in [-0.15, -0.1) is 0 Å². The summed E-state index contributed by atoms with van der Waals surface area (Å²) in [4.78, 5) is 12.4. The van der Waals surface area contributed by atoms with E-state index in [-0.39, 0.29) is 5.91 Å². The second-order valence-electron chi connectivity index (χ2n) is 5.67. The highest BCUT2D eigenvalue weighted by Gasteiger charge is 2.11. The molecule has 3 aromatic carbocycles. The Bertz CT molecular complexity index is 858. The third-order valence-electron chi connectivity index (χ3n) is 3.92. The number of halogens is 2. The van der Waals surface area contributed by atoms with E-state index in [2.05, 4.69) is 5.32 Å². The van der Waals surface area contributed by atoms with Crippen LogP contribution in [0.5, 0.6) is 0 Å². The molecule has 126 valence electrons. The molecule has 2 nitrogen and oxygen atoms in total. The smallest absolute Gasteiger partial charge is 0.251 e. The Hall–Kier alpha value is -2.29. The van der Waals surface area contributed by atoms with Gasteiger partial charge in [-0.2, -0.15) is 0 Å². The van der Waals surface area contributed by atoms with E-state index in [4.69, 9.17) is 23.2 Å². The third-order valence-corrected chi connectivity index (χ3v) is 4.55. The highest BCUT2D eigenvalue weighted by atomic mass is 35.5. The van der Waals surface area contributed by atoms with Crippen LogP contribution in [0.2, 0.25) is 10.0 Å². The van der Waals surface area contributed by atoms with Gasteiger partial charge in [-0.25, -0.2) is 0 Å². The predicted octanol–water partition coefficient (Wildman–Crippen LogP) is 5.63. The molecule has 0 saturated heterocycles. The van der Waals surface area contributed by atoms with Crippen LogP contribution < -0.4 is 5.32 Å². The van der Waals surface area contributed by atoms with E-state index in [0.29, 0.717) is 22.2 Å². The molecule has 0 aliphatic heterocycles. The molecule has 25 heavy (non-hydrogen) atoms. The van der Waals surface area contributed by atoms with Gasteiger partial charge in [0, 0.05) is 27.7 Å². The Labute approximate surface area is 157 Å². The van der Waals surface area contributed by atoms with Crippen molar-refractivity contribution >= 4 is 29.1 Å². The molecule has 1 N–H and O–H groups in total. The van der Waals surface area contributed by atoms with Crippen LogP contribution in [-0.4, -0.2) is 12.5 Å². The van der Waals surface area contributed by atoms with E-state index in [0.717, 1.165) is 17.5 Å². The first-order valence-corrected chi connectivity index (χ1v) is 8.77. The predicted molar refractivity (Wildman–Crippen MR) is 104 cm³/mol. The second-order valence-corrected chi connectivity index (χ2v) is 6.48. The first-order chi connectivity index (χ1) is 12.1. The maximum atomic E-state index is 12.4. The fraction of sp³-hybridized carbons (Fsp3) is 0.0952. The lowest BCUT2D eigenvalue weighted by Gasteiger charge is -2.10. The molecule has 0 aliphatic rings. The summed E-state index contributed by atoms with van der Waals surface area (Å²) in [5.41, 5.74) is 3.34. The summed E-state index contributed by atoms with van der Waals surface area (Å²) in [5, 5.41) is 4.08. The van der Waals surface area contributed by atoms with Crippen LogP contribution in [0.3, 0.4) is 0 Å². The maximum absolute atomic E-state index is 12.4. The van der Waals surface area contributed by atoms with Crippen LogP contribution in [0.15, 0.2) is 72.8 Å². The summed E-state index contributed by atoms with van der Waals surface area (Å²) in [6.07, 6.45) is 0.794. The van der Waals surface area contributed by atoms with Crippen LogP contribution in [0.4, 0.5) is 0 Å². The van der Waals surface area contributed by atoms with E-state index in [1.807, 2.05) is 48.5 Å². The van der Waals surface area contributed by atoms with E-state index >= 15 is 0 Å². The molecule has 0 radical (unpaired) electrons. The molecule has 0 aliphatic carbocycles. The quantitative estimate of drug-likeness (QED) is 0.619. The topological polar surface area (TPSA) is 29.1 Å².